The first-order valence-electron chi connectivity index (χ1n) is 37.6. The smallest absolute Gasteiger partial charge is 0.331 e. The summed E-state index contributed by atoms with van der Waals surface area (Å²) in [7, 11) is 0. The van der Waals surface area contributed by atoms with E-state index in [9.17, 15) is 102 Å². The molecule has 0 aromatic heterocycles. The minimum Gasteiger partial charge on any atom is -0.508 e. The molecule has 108 heavy (non-hydrogen) atoms. The van der Waals surface area contributed by atoms with Crippen LogP contribution >= 0.6 is 0 Å². The van der Waals surface area contributed by atoms with Gasteiger partial charge in [0, 0.05) is 6.08 Å². The van der Waals surface area contributed by atoms with E-state index in [0.29, 0.717) is 50.5 Å². The van der Waals surface area contributed by atoms with Crippen molar-refractivity contribution < 1.29 is 168 Å². The van der Waals surface area contributed by atoms with Crippen LogP contribution in [0.3, 0.4) is 0 Å². The van der Waals surface area contributed by atoms with Crippen molar-refractivity contribution in [3.63, 3.8) is 0 Å². The number of aliphatic hydroxyl groups excluding tert-OH is 18. The first-order valence-corrected chi connectivity index (χ1v) is 37.6. The lowest BCUT2D eigenvalue weighted by Crippen LogP contribution is -2.68. The van der Waals surface area contributed by atoms with Gasteiger partial charge >= 0.3 is 11.9 Å². The summed E-state index contributed by atoms with van der Waals surface area (Å²) >= 11 is 0. The number of allylic oxidation sites excluding steroid dienone is 2. The lowest BCUT2D eigenvalue weighted by molar-refractivity contribution is -0.389. The number of aromatic hydroxyl groups is 1. The van der Waals surface area contributed by atoms with Gasteiger partial charge in [-0.2, -0.15) is 0 Å². The fourth-order valence-electron chi connectivity index (χ4n) is 20.2. The number of fused-ring (bicyclic) bond motifs is 7. The van der Waals surface area contributed by atoms with Crippen molar-refractivity contribution in [2.24, 2.45) is 50.2 Å². The number of hydrogen-bond acceptors (Lipinski definition) is 34. The molecule has 5 aliphatic carbocycles. The molecule has 19 N–H and O–H groups in total. The van der Waals surface area contributed by atoms with Gasteiger partial charge < -0.3 is 159 Å². The molecule has 612 valence electrons. The predicted molar refractivity (Wildman–Crippen MR) is 363 cm³/mol. The molecule has 34 nitrogen and oxygen atoms in total. The van der Waals surface area contributed by atoms with E-state index in [1.165, 1.54) is 37.3 Å². The van der Waals surface area contributed by atoms with Crippen LogP contribution < -0.4 is 0 Å². The molecular formula is C74H112O34. The number of carbonyl (C=O) groups is 2. The van der Waals surface area contributed by atoms with Crippen LogP contribution in [0.25, 0.3) is 6.08 Å². The third-order valence-corrected chi connectivity index (χ3v) is 26.8. The molecule has 0 radical (unpaired) electrons. The lowest BCUT2D eigenvalue weighted by Gasteiger charge is -2.71. The highest BCUT2D eigenvalue weighted by atomic mass is 16.8. The molecule has 4 saturated carbocycles. The maximum absolute atomic E-state index is 15.5. The number of phenolic OH excluding ortho intramolecular Hbond substituents is 1. The Bertz CT molecular complexity index is 3310. The maximum atomic E-state index is 15.5. The second-order valence-electron chi connectivity index (χ2n) is 33.9. The summed E-state index contributed by atoms with van der Waals surface area (Å²) in [5.74, 6) is -2.69. The summed E-state index contributed by atoms with van der Waals surface area (Å²) in [5.41, 5.74) is -2.88. The van der Waals surface area contributed by atoms with Gasteiger partial charge in [-0.25, -0.2) is 4.79 Å². The molecule has 10 fully saturated rings. The van der Waals surface area contributed by atoms with Crippen LogP contribution in [0.1, 0.15) is 119 Å². The van der Waals surface area contributed by atoms with Crippen LogP contribution in [-0.2, 0) is 71.2 Å². The van der Waals surface area contributed by atoms with E-state index in [4.69, 9.17) is 61.6 Å². The molecule has 6 heterocycles. The van der Waals surface area contributed by atoms with Gasteiger partial charge in [-0.1, -0.05) is 72.2 Å². The molecular weight excluding hydrogens is 1430 g/mol. The second kappa shape index (κ2) is 32.2. The second-order valence-corrected chi connectivity index (χ2v) is 33.9. The van der Waals surface area contributed by atoms with E-state index >= 15 is 4.79 Å². The molecule has 38 atom stereocenters. The summed E-state index contributed by atoms with van der Waals surface area (Å²) in [6.45, 7) is 12.7. The van der Waals surface area contributed by atoms with Crippen molar-refractivity contribution in [1.29, 1.82) is 0 Å². The minimum absolute atomic E-state index is 0.0206. The van der Waals surface area contributed by atoms with E-state index in [1.54, 1.807) is 0 Å². The number of benzene rings is 1. The van der Waals surface area contributed by atoms with Crippen LogP contribution in [0.15, 0.2) is 42.0 Å². The molecule has 1 aromatic carbocycles. The third kappa shape index (κ3) is 15.0. The maximum Gasteiger partial charge on any atom is 0.331 e. The van der Waals surface area contributed by atoms with Crippen molar-refractivity contribution in [1.82, 2.24) is 0 Å². The topological polar surface area (TPSA) is 539 Å². The zero-order valence-corrected chi connectivity index (χ0v) is 61.7. The first kappa shape index (κ1) is 83.7. The molecule has 0 spiro atoms. The highest BCUT2D eigenvalue weighted by Gasteiger charge is 2.73. The average Bonchev–Trinajstić information content (AvgIpc) is 0.670. The van der Waals surface area contributed by atoms with Gasteiger partial charge in [0.05, 0.1) is 51.3 Å². The molecule has 0 amide bonds. The van der Waals surface area contributed by atoms with Gasteiger partial charge in [-0.3, -0.25) is 4.79 Å². The Morgan fingerprint density at radius 3 is 1.74 bits per heavy atom. The van der Waals surface area contributed by atoms with Gasteiger partial charge in [0.1, 0.15) is 139 Å². The Morgan fingerprint density at radius 2 is 1.08 bits per heavy atom. The summed E-state index contributed by atoms with van der Waals surface area (Å²) < 4.78 is 78.3. The normalized spacial score (nSPS) is 50.1. The van der Waals surface area contributed by atoms with Gasteiger partial charge in [-0.05, 0) is 133 Å². The van der Waals surface area contributed by atoms with Gasteiger partial charge in [0.25, 0.3) is 0 Å². The van der Waals surface area contributed by atoms with Crippen LogP contribution in [-0.4, -0.2) is 332 Å². The highest BCUT2D eigenvalue weighted by Crippen LogP contribution is 2.76. The standard InChI is InChI=1S/C74H112O34/c1-30-45(82)49(86)53(90)63(98-30)106-59-38(27-77)101-62(56(93)52(59)89)97-29-39-47(84)51(88)55(92)65(102-39)108-68(95)74-22-21-69(2,3)23-34(74)33-14-15-41-71(6)19-18-43(70(4,5)40(71)17-20-72(41,7)73(33,8)24-42(74)80)103-67-61(107-64-54(91)50(87)46(83)36(25-75)99-64)58(35(79)28-96-67)105-66-57(94)60(48(85)37(26-76)100-66)104-44(81)16-11-31-9-12-32(78)13-10-31/h9-14,16,30,34-43,45-67,75-80,82-94H,15,17-29H2,1-8H3/t30-,34?,35-,36+,37+,38+,39+,40-,41+,42+,43-,45-,46+,47+,48+,49+,50-,51-,52+,53+,54+,55+,56+,57+,58-,59+,60-,61+,62+,63-,64-,65-,66-,67-,71-,72+,73+,74+/m0/s1. The van der Waals surface area contributed by atoms with Crippen LogP contribution in [0.2, 0.25) is 0 Å². The number of phenols is 1. The molecule has 1 aromatic rings. The lowest BCUT2D eigenvalue weighted by atomic mass is 9.33. The van der Waals surface area contributed by atoms with Gasteiger partial charge in [-0.15, -0.1) is 0 Å². The molecule has 0 bridgehead atoms. The van der Waals surface area contributed by atoms with Crippen molar-refractivity contribution in [2.75, 3.05) is 33.0 Å². The Morgan fingerprint density at radius 1 is 0.519 bits per heavy atom. The highest BCUT2D eigenvalue weighted by molar-refractivity contribution is 5.87. The number of hydrogen-bond donors (Lipinski definition) is 19. The monoisotopic (exact) mass is 1540 g/mol. The summed E-state index contributed by atoms with van der Waals surface area (Å²) in [4.78, 5) is 28.7. The van der Waals surface area contributed by atoms with E-state index in [-0.39, 0.29) is 35.8 Å². The van der Waals surface area contributed by atoms with Gasteiger partial charge in [0.2, 0.25) is 6.29 Å². The quantitative estimate of drug-likeness (QED) is 0.0274. The fraction of sp³-hybridized carbons (Fsp3) is 0.838. The van der Waals surface area contributed by atoms with E-state index < -0.39 is 268 Å². The number of ether oxygens (including phenoxy) is 13. The molecule has 12 rings (SSSR count). The Hall–Kier alpha value is -3.72. The number of rotatable bonds is 19. The summed E-state index contributed by atoms with van der Waals surface area (Å²) in [6.07, 6.45) is -43.9. The molecule has 1 unspecified atom stereocenters. The zero-order valence-electron chi connectivity index (χ0n) is 61.7. The fourth-order valence-corrected chi connectivity index (χ4v) is 20.2. The first-order chi connectivity index (χ1) is 50.8. The van der Waals surface area contributed by atoms with Crippen molar-refractivity contribution in [3.05, 3.63) is 47.6 Å². The van der Waals surface area contributed by atoms with E-state index in [1.807, 2.05) is 0 Å². The predicted octanol–water partition coefficient (Wildman–Crippen LogP) is -3.78. The third-order valence-electron chi connectivity index (χ3n) is 26.8. The molecule has 11 aliphatic rings. The van der Waals surface area contributed by atoms with Crippen LogP contribution in [0.4, 0.5) is 0 Å². The number of carbonyl (C=O) groups excluding carboxylic acids is 2. The number of aliphatic hydroxyl groups is 18. The van der Waals surface area contributed by atoms with Crippen molar-refractivity contribution >= 4 is 18.0 Å². The molecule has 34 heteroatoms. The minimum atomic E-state index is -2.02. The average molecular weight is 1550 g/mol. The van der Waals surface area contributed by atoms with Crippen LogP contribution in [0.5, 0.6) is 5.75 Å². The SMILES string of the molecule is C[C@@H]1O[C@@H](O[C@H]2[C@H](O)[C@@H](O)[C@H](OC[C@H]3O[C@@H](OC(=O)[C@]45CCC(C)(C)CC4C4=CC[C@@H]6[C@@]7(C)CC[C@H](O[C@@H]8OC[C@H](O)[C@H](O[C@@H]9O[C@H](CO)[C@@H](O)[C@H](OC(=O)C=Cc%10ccc(O)cc%10)[C@H]9O)[C@H]8O[C@@H]8O[C@H](CO)[C@@H](O)[C@H](O)[C@H]8O)C(C)(C)[C@@H]7CC[C@@]6(C)[C@]4(C)C[C@H]5O)[C@H](O)[C@@H](O)[C@@H]3O)O[C@@H]2CO)[C@H](O)[C@H](O)[C@H]1O. The largest absolute Gasteiger partial charge is 0.508 e. The van der Waals surface area contributed by atoms with Gasteiger partial charge in [0.15, 0.2) is 37.6 Å². The number of esters is 2. The van der Waals surface area contributed by atoms with E-state index in [2.05, 4.69) is 54.5 Å². The van der Waals surface area contributed by atoms with E-state index in [0.717, 1.165) is 11.6 Å². The van der Waals surface area contributed by atoms with Crippen LogP contribution in [0, 0.1) is 50.2 Å². The Balaban J connectivity index is 0.755. The summed E-state index contributed by atoms with van der Waals surface area (Å²) in [5, 5.41) is 210. The van der Waals surface area contributed by atoms with Crippen molar-refractivity contribution in [2.45, 2.75) is 304 Å². The Kier molecular flexibility index (Phi) is 24.9. The summed E-state index contributed by atoms with van der Waals surface area (Å²) in [6, 6.07) is 5.81. The zero-order chi connectivity index (χ0) is 78.6. The molecule has 6 aliphatic heterocycles. The molecule has 6 saturated heterocycles. The van der Waals surface area contributed by atoms with Crippen molar-refractivity contribution in [3.8, 4) is 5.75 Å². The Labute approximate surface area is 624 Å².